The first kappa shape index (κ1) is 14.0. The Bertz CT molecular complexity index is 585. The summed E-state index contributed by atoms with van der Waals surface area (Å²) in [5, 5.41) is 0. The van der Waals surface area contributed by atoms with Crippen molar-refractivity contribution in [1.82, 2.24) is 9.03 Å². The van der Waals surface area contributed by atoms with Gasteiger partial charge in [0.15, 0.2) is 0 Å². The zero-order valence-corrected chi connectivity index (χ0v) is 11.6. The maximum atomic E-state index is 11.9. The van der Waals surface area contributed by atoms with Crippen molar-refractivity contribution in [1.29, 1.82) is 0 Å². The average molecular weight is 284 g/mol. The Morgan fingerprint density at radius 2 is 2.11 bits per heavy atom. The topological polar surface area (TPSA) is 75.7 Å². The van der Waals surface area contributed by atoms with Crippen LogP contribution in [0.1, 0.15) is 17.0 Å². The van der Waals surface area contributed by atoms with Crippen LogP contribution in [0, 0.1) is 0 Å². The van der Waals surface area contributed by atoms with Gasteiger partial charge < -0.3 is 4.74 Å². The molecule has 0 saturated heterocycles. The number of nitrogens with zero attached hydrogens (tertiary/aromatic N) is 1. The van der Waals surface area contributed by atoms with Crippen LogP contribution in [0.5, 0.6) is 0 Å². The molecule has 0 saturated carbocycles. The van der Waals surface area contributed by atoms with Crippen molar-refractivity contribution in [2.45, 2.75) is 12.5 Å². The summed E-state index contributed by atoms with van der Waals surface area (Å²) in [5.41, 5.74) is 1.65. The molecular weight excluding hydrogens is 268 g/mol. The van der Waals surface area contributed by atoms with Crippen LogP contribution in [-0.2, 0) is 26.3 Å². The molecule has 2 rings (SSSR count). The van der Waals surface area contributed by atoms with Crippen molar-refractivity contribution >= 4 is 16.2 Å². The lowest BCUT2D eigenvalue weighted by Gasteiger charge is -2.32. The number of methoxy groups -OCH3 is 1. The first-order chi connectivity index (χ1) is 8.99. The number of benzene rings is 1. The zero-order valence-electron chi connectivity index (χ0n) is 10.8. The predicted molar refractivity (Wildman–Crippen MR) is 69.6 cm³/mol. The molecule has 0 bridgehead atoms. The largest absolute Gasteiger partial charge is 0.469 e. The van der Waals surface area contributed by atoms with E-state index in [0.717, 1.165) is 11.1 Å². The lowest BCUT2D eigenvalue weighted by atomic mass is 9.91. The molecule has 0 fully saturated rings. The van der Waals surface area contributed by atoms with Gasteiger partial charge in [-0.3, -0.25) is 4.79 Å². The Balaban J connectivity index is 2.43. The molecule has 1 aliphatic heterocycles. The lowest BCUT2D eigenvalue weighted by Crippen LogP contribution is -2.45. The molecule has 0 aliphatic carbocycles. The van der Waals surface area contributed by atoms with Gasteiger partial charge in [0.1, 0.15) is 0 Å². The maximum absolute atomic E-state index is 11.9. The highest BCUT2D eigenvalue weighted by atomic mass is 32.2. The molecule has 6 nitrogen and oxygen atoms in total. The van der Waals surface area contributed by atoms with E-state index in [1.807, 2.05) is 24.3 Å². The summed E-state index contributed by atoms with van der Waals surface area (Å²) < 4.78 is 32.0. The van der Waals surface area contributed by atoms with E-state index in [2.05, 4.69) is 4.72 Å². The van der Waals surface area contributed by atoms with Crippen LogP contribution < -0.4 is 4.72 Å². The molecule has 1 N–H and O–H groups in total. The molecule has 1 aromatic carbocycles. The molecule has 104 valence electrons. The highest BCUT2D eigenvalue weighted by Gasteiger charge is 2.35. The number of ether oxygens (including phenoxy) is 1. The number of carbonyl (C=O) groups excluding carboxylic acids is 1. The Morgan fingerprint density at radius 1 is 1.42 bits per heavy atom. The second-order valence-electron chi connectivity index (χ2n) is 4.28. The Morgan fingerprint density at radius 3 is 2.74 bits per heavy atom. The highest BCUT2D eigenvalue weighted by Crippen LogP contribution is 2.30. The van der Waals surface area contributed by atoms with E-state index in [0.29, 0.717) is 0 Å². The monoisotopic (exact) mass is 284 g/mol. The molecule has 0 amide bonds. The molecule has 1 heterocycles. The maximum Gasteiger partial charge on any atom is 0.314 e. The standard InChI is InChI=1S/C12H16N2O4S/c1-13-19(16,17)14-7-9-5-3-4-6-10(9)11(8-14)12(15)18-2/h3-6,11,13H,7-8H2,1-2H3. The molecule has 0 aromatic heterocycles. The van der Waals surface area contributed by atoms with Crippen molar-refractivity contribution < 1.29 is 17.9 Å². The van der Waals surface area contributed by atoms with Gasteiger partial charge in [-0.05, 0) is 11.1 Å². The molecular formula is C12H16N2O4S. The minimum absolute atomic E-state index is 0.0901. The van der Waals surface area contributed by atoms with Crippen molar-refractivity contribution in [3.63, 3.8) is 0 Å². The van der Waals surface area contributed by atoms with Gasteiger partial charge in [0.05, 0.1) is 13.0 Å². The van der Waals surface area contributed by atoms with Gasteiger partial charge in [0.2, 0.25) is 0 Å². The predicted octanol–water partition coefficient (Wildman–Crippen LogP) is 0.223. The zero-order chi connectivity index (χ0) is 14.0. The molecule has 0 radical (unpaired) electrons. The first-order valence-corrected chi connectivity index (χ1v) is 7.28. The number of carbonyl (C=O) groups is 1. The number of hydrogen-bond donors (Lipinski definition) is 1. The lowest BCUT2D eigenvalue weighted by molar-refractivity contribution is -0.142. The Labute approximate surface area is 112 Å². The minimum Gasteiger partial charge on any atom is -0.469 e. The van der Waals surface area contributed by atoms with E-state index in [9.17, 15) is 13.2 Å². The third-order valence-electron chi connectivity index (χ3n) is 3.25. The molecule has 0 spiro atoms. The first-order valence-electron chi connectivity index (χ1n) is 5.84. The molecule has 1 atom stereocenters. The summed E-state index contributed by atoms with van der Waals surface area (Å²) in [5.74, 6) is -1.01. The van der Waals surface area contributed by atoms with Gasteiger partial charge >= 0.3 is 5.97 Å². The van der Waals surface area contributed by atoms with Crippen LogP contribution in [0.4, 0.5) is 0 Å². The molecule has 1 unspecified atom stereocenters. The molecule has 19 heavy (non-hydrogen) atoms. The van der Waals surface area contributed by atoms with Gasteiger partial charge in [-0.1, -0.05) is 24.3 Å². The van der Waals surface area contributed by atoms with E-state index in [1.165, 1.54) is 18.5 Å². The van der Waals surface area contributed by atoms with Crippen LogP contribution >= 0.6 is 0 Å². The van der Waals surface area contributed by atoms with Gasteiger partial charge in [-0.25, -0.2) is 4.72 Å². The van der Waals surface area contributed by atoms with E-state index in [-0.39, 0.29) is 13.1 Å². The van der Waals surface area contributed by atoms with Crippen LogP contribution in [0.2, 0.25) is 0 Å². The fraction of sp³-hybridized carbons (Fsp3) is 0.417. The third-order valence-corrected chi connectivity index (χ3v) is 4.72. The summed E-state index contributed by atoms with van der Waals surface area (Å²) >= 11 is 0. The smallest absolute Gasteiger partial charge is 0.314 e. The van der Waals surface area contributed by atoms with Gasteiger partial charge in [0.25, 0.3) is 10.2 Å². The minimum atomic E-state index is -3.56. The average Bonchev–Trinajstić information content (AvgIpc) is 2.45. The quantitative estimate of drug-likeness (QED) is 0.806. The van der Waals surface area contributed by atoms with Crippen molar-refractivity contribution in [3.8, 4) is 0 Å². The van der Waals surface area contributed by atoms with Crippen molar-refractivity contribution in [2.75, 3.05) is 20.7 Å². The van der Waals surface area contributed by atoms with Crippen molar-refractivity contribution in [2.24, 2.45) is 0 Å². The molecule has 1 aromatic rings. The van der Waals surface area contributed by atoms with E-state index >= 15 is 0 Å². The van der Waals surface area contributed by atoms with E-state index < -0.39 is 22.1 Å². The molecule has 1 aliphatic rings. The van der Waals surface area contributed by atoms with Crippen LogP contribution in [0.3, 0.4) is 0 Å². The second kappa shape index (κ2) is 5.28. The van der Waals surface area contributed by atoms with Crippen LogP contribution in [0.15, 0.2) is 24.3 Å². The number of esters is 1. The van der Waals surface area contributed by atoms with Gasteiger partial charge in [-0.15, -0.1) is 0 Å². The second-order valence-corrected chi connectivity index (χ2v) is 6.15. The van der Waals surface area contributed by atoms with Crippen molar-refractivity contribution in [3.05, 3.63) is 35.4 Å². The third kappa shape index (κ3) is 2.63. The number of fused-ring (bicyclic) bond motifs is 1. The van der Waals surface area contributed by atoms with Gasteiger partial charge in [-0.2, -0.15) is 12.7 Å². The summed E-state index contributed by atoms with van der Waals surface area (Å²) in [7, 11) is -0.911. The Hall–Kier alpha value is -1.44. The van der Waals surface area contributed by atoms with E-state index in [4.69, 9.17) is 4.74 Å². The van der Waals surface area contributed by atoms with Crippen LogP contribution in [0.25, 0.3) is 0 Å². The number of hydrogen-bond acceptors (Lipinski definition) is 4. The SMILES string of the molecule is CNS(=O)(=O)N1Cc2ccccc2C(C(=O)OC)C1. The summed E-state index contributed by atoms with van der Waals surface area (Å²) in [6.07, 6.45) is 0. The summed E-state index contributed by atoms with van der Waals surface area (Å²) in [6.45, 7) is 0.347. The highest BCUT2D eigenvalue weighted by molar-refractivity contribution is 7.87. The fourth-order valence-corrected chi connectivity index (χ4v) is 3.14. The molecule has 7 heteroatoms. The Kier molecular flexibility index (Phi) is 3.88. The fourth-order valence-electron chi connectivity index (χ4n) is 2.23. The van der Waals surface area contributed by atoms with Crippen LogP contribution in [-0.4, -0.2) is 39.4 Å². The normalized spacial score (nSPS) is 19.8. The number of nitrogens with one attached hydrogen (secondary N) is 1. The van der Waals surface area contributed by atoms with E-state index in [1.54, 1.807) is 0 Å². The summed E-state index contributed by atoms with van der Waals surface area (Å²) in [4.78, 5) is 11.8. The van der Waals surface area contributed by atoms with Gasteiger partial charge in [0, 0.05) is 20.1 Å². The number of rotatable bonds is 3. The summed E-state index contributed by atoms with van der Waals surface area (Å²) in [6, 6.07) is 7.31.